The van der Waals surface area contributed by atoms with E-state index in [0.717, 1.165) is 13.0 Å². The molecule has 0 aromatic rings. The van der Waals surface area contributed by atoms with Crippen LogP contribution < -0.4 is 10.6 Å². The third-order valence-corrected chi connectivity index (χ3v) is 5.49. The number of ether oxygens (including phenoxy) is 1. The van der Waals surface area contributed by atoms with Crippen molar-refractivity contribution in [3.63, 3.8) is 0 Å². The highest BCUT2D eigenvalue weighted by molar-refractivity contribution is 7.91. The Morgan fingerprint density at radius 1 is 1.36 bits per heavy atom. The SMILES string of the molecule is CCNC(=NCCC(OCC)C(C)C)NC1CCS(=O)(=O)C1. The third-order valence-electron chi connectivity index (χ3n) is 3.73. The molecular weight excluding hydrogens is 302 g/mol. The number of hydrogen-bond donors (Lipinski definition) is 2. The molecule has 2 atom stereocenters. The molecule has 6 nitrogen and oxygen atoms in total. The van der Waals surface area contributed by atoms with Crippen LogP contribution in [0.25, 0.3) is 0 Å². The maximum absolute atomic E-state index is 11.5. The lowest BCUT2D eigenvalue weighted by atomic mass is 10.0. The first-order valence-corrected chi connectivity index (χ1v) is 10.1. The number of nitrogens with zero attached hydrogens (tertiary/aromatic N) is 1. The van der Waals surface area contributed by atoms with Crippen LogP contribution in [0.3, 0.4) is 0 Å². The molecule has 1 heterocycles. The van der Waals surface area contributed by atoms with Crippen LogP contribution in [-0.4, -0.2) is 57.7 Å². The van der Waals surface area contributed by atoms with Gasteiger partial charge in [-0.15, -0.1) is 0 Å². The van der Waals surface area contributed by atoms with E-state index in [-0.39, 0.29) is 23.7 Å². The Kier molecular flexibility index (Phi) is 8.17. The second kappa shape index (κ2) is 9.35. The van der Waals surface area contributed by atoms with Gasteiger partial charge in [0, 0.05) is 25.7 Å². The molecule has 0 amide bonds. The molecule has 0 aromatic carbocycles. The smallest absolute Gasteiger partial charge is 0.191 e. The van der Waals surface area contributed by atoms with Crippen LogP contribution in [0.2, 0.25) is 0 Å². The Balaban J connectivity index is 2.51. The van der Waals surface area contributed by atoms with Crippen molar-refractivity contribution in [2.75, 3.05) is 31.2 Å². The van der Waals surface area contributed by atoms with E-state index in [1.54, 1.807) is 0 Å². The zero-order chi connectivity index (χ0) is 16.6. The summed E-state index contributed by atoms with van der Waals surface area (Å²) in [5.74, 6) is 1.63. The second-order valence-corrected chi connectivity index (χ2v) is 8.26. The summed E-state index contributed by atoms with van der Waals surface area (Å²) in [5, 5.41) is 6.40. The number of hydrogen-bond acceptors (Lipinski definition) is 4. The molecule has 0 aliphatic carbocycles. The number of sulfone groups is 1. The van der Waals surface area contributed by atoms with Gasteiger partial charge in [-0.2, -0.15) is 0 Å². The maximum Gasteiger partial charge on any atom is 0.191 e. The minimum absolute atomic E-state index is 0.0319. The topological polar surface area (TPSA) is 79.8 Å². The zero-order valence-electron chi connectivity index (χ0n) is 14.3. The molecule has 0 saturated carbocycles. The Hall–Kier alpha value is -0.820. The van der Waals surface area contributed by atoms with Crippen molar-refractivity contribution in [3.8, 4) is 0 Å². The van der Waals surface area contributed by atoms with E-state index >= 15 is 0 Å². The Labute approximate surface area is 135 Å². The molecular formula is C15H31N3O3S. The molecule has 1 fully saturated rings. The number of nitrogens with one attached hydrogen (secondary N) is 2. The molecule has 0 aromatic heterocycles. The van der Waals surface area contributed by atoms with E-state index in [9.17, 15) is 8.42 Å². The standard InChI is InChI=1S/C15H31N3O3S/c1-5-16-15(18-13-8-10-22(19,20)11-13)17-9-7-14(12(3)4)21-6-2/h12-14H,5-11H2,1-4H3,(H2,16,17,18). The molecule has 0 spiro atoms. The van der Waals surface area contributed by atoms with Crippen LogP contribution in [0, 0.1) is 5.92 Å². The summed E-state index contributed by atoms with van der Waals surface area (Å²) < 4.78 is 28.7. The van der Waals surface area contributed by atoms with Crippen molar-refractivity contribution in [2.24, 2.45) is 10.9 Å². The summed E-state index contributed by atoms with van der Waals surface area (Å²) in [6, 6.07) is -0.0319. The summed E-state index contributed by atoms with van der Waals surface area (Å²) in [6.45, 7) is 10.4. The highest BCUT2D eigenvalue weighted by Crippen LogP contribution is 2.12. The second-order valence-electron chi connectivity index (χ2n) is 6.03. The average molecular weight is 333 g/mol. The van der Waals surface area contributed by atoms with Gasteiger partial charge in [-0.3, -0.25) is 4.99 Å². The van der Waals surface area contributed by atoms with Crippen molar-refractivity contribution < 1.29 is 13.2 Å². The Bertz CT molecular complexity index is 449. The summed E-state index contributed by atoms with van der Waals surface area (Å²) in [4.78, 5) is 4.55. The molecule has 2 N–H and O–H groups in total. The van der Waals surface area contributed by atoms with Gasteiger partial charge >= 0.3 is 0 Å². The highest BCUT2D eigenvalue weighted by Gasteiger charge is 2.28. The van der Waals surface area contributed by atoms with Crippen LogP contribution in [-0.2, 0) is 14.6 Å². The van der Waals surface area contributed by atoms with Crippen LogP contribution in [0.5, 0.6) is 0 Å². The molecule has 1 rings (SSSR count). The fourth-order valence-electron chi connectivity index (χ4n) is 2.55. The first-order chi connectivity index (χ1) is 10.4. The van der Waals surface area contributed by atoms with Crippen LogP contribution in [0.15, 0.2) is 4.99 Å². The van der Waals surface area contributed by atoms with Gasteiger partial charge in [-0.25, -0.2) is 8.42 Å². The quantitative estimate of drug-likeness (QED) is 0.515. The summed E-state index contributed by atoms with van der Waals surface area (Å²) in [7, 11) is -2.87. The molecule has 0 bridgehead atoms. The van der Waals surface area contributed by atoms with E-state index in [4.69, 9.17) is 4.74 Å². The minimum Gasteiger partial charge on any atom is -0.378 e. The zero-order valence-corrected chi connectivity index (χ0v) is 15.1. The summed E-state index contributed by atoms with van der Waals surface area (Å²) in [5.41, 5.74) is 0. The minimum atomic E-state index is -2.87. The first-order valence-electron chi connectivity index (χ1n) is 8.24. The number of rotatable bonds is 8. The van der Waals surface area contributed by atoms with Crippen LogP contribution in [0.1, 0.15) is 40.5 Å². The summed E-state index contributed by atoms with van der Waals surface area (Å²) in [6.07, 6.45) is 1.73. The van der Waals surface area contributed by atoms with E-state index in [2.05, 4.69) is 29.5 Å². The Morgan fingerprint density at radius 3 is 2.59 bits per heavy atom. The fourth-order valence-corrected chi connectivity index (χ4v) is 4.22. The molecule has 2 unspecified atom stereocenters. The molecule has 7 heteroatoms. The Morgan fingerprint density at radius 2 is 2.09 bits per heavy atom. The largest absolute Gasteiger partial charge is 0.378 e. The van der Waals surface area contributed by atoms with Crippen LogP contribution >= 0.6 is 0 Å². The predicted molar refractivity (Wildman–Crippen MR) is 91.0 cm³/mol. The molecule has 1 aliphatic rings. The monoisotopic (exact) mass is 333 g/mol. The molecule has 22 heavy (non-hydrogen) atoms. The van der Waals surface area contributed by atoms with Crippen molar-refractivity contribution in [1.82, 2.24) is 10.6 Å². The lowest BCUT2D eigenvalue weighted by Crippen LogP contribution is -2.44. The highest BCUT2D eigenvalue weighted by atomic mass is 32.2. The maximum atomic E-state index is 11.5. The molecule has 1 aliphatic heterocycles. The predicted octanol–water partition coefficient (Wildman–Crippen LogP) is 1.18. The number of guanidine groups is 1. The average Bonchev–Trinajstić information content (AvgIpc) is 2.77. The molecule has 130 valence electrons. The molecule has 1 saturated heterocycles. The van der Waals surface area contributed by atoms with Crippen LogP contribution in [0.4, 0.5) is 0 Å². The van der Waals surface area contributed by atoms with E-state index in [0.29, 0.717) is 31.4 Å². The normalized spacial score (nSPS) is 22.8. The van der Waals surface area contributed by atoms with E-state index in [1.807, 2.05) is 13.8 Å². The third kappa shape index (κ3) is 6.96. The molecule has 0 radical (unpaired) electrons. The summed E-state index contributed by atoms with van der Waals surface area (Å²) >= 11 is 0. The lowest BCUT2D eigenvalue weighted by Gasteiger charge is -2.20. The van der Waals surface area contributed by atoms with Crippen molar-refractivity contribution in [3.05, 3.63) is 0 Å². The fraction of sp³-hybridized carbons (Fsp3) is 0.933. The van der Waals surface area contributed by atoms with Gasteiger partial charge in [-0.05, 0) is 32.6 Å². The lowest BCUT2D eigenvalue weighted by molar-refractivity contribution is 0.0266. The van der Waals surface area contributed by atoms with Gasteiger partial charge in [0.25, 0.3) is 0 Å². The first kappa shape index (κ1) is 19.2. The van der Waals surface area contributed by atoms with E-state index < -0.39 is 9.84 Å². The van der Waals surface area contributed by atoms with Gasteiger partial charge in [-0.1, -0.05) is 13.8 Å². The van der Waals surface area contributed by atoms with Gasteiger partial charge < -0.3 is 15.4 Å². The van der Waals surface area contributed by atoms with Gasteiger partial charge in [0.1, 0.15) is 0 Å². The van der Waals surface area contributed by atoms with Crippen molar-refractivity contribution >= 4 is 15.8 Å². The van der Waals surface area contributed by atoms with Gasteiger partial charge in [0.05, 0.1) is 17.6 Å². The van der Waals surface area contributed by atoms with Crippen molar-refractivity contribution in [1.29, 1.82) is 0 Å². The van der Waals surface area contributed by atoms with E-state index in [1.165, 1.54) is 0 Å². The number of aliphatic imine (C=N–C) groups is 1. The van der Waals surface area contributed by atoms with Crippen molar-refractivity contribution in [2.45, 2.75) is 52.7 Å². The van der Waals surface area contributed by atoms with Gasteiger partial charge in [0.2, 0.25) is 0 Å². The van der Waals surface area contributed by atoms with Gasteiger partial charge in [0.15, 0.2) is 15.8 Å².